The van der Waals surface area contributed by atoms with Gasteiger partial charge in [0.2, 0.25) is 5.91 Å². The Balaban J connectivity index is 1.62. The molecule has 1 N–H and O–H groups in total. The van der Waals surface area contributed by atoms with E-state index in [9.17, 15) is 9.59 Å². The quantitative estimate of drug-likeness (QED) is 0.903. The minimum absolute atomic E-state index is 0.0378. The lowest BCUT2D eigenvalue weighted by Crippen LogP contribution is -2.48. The van der Waals surface area contributed by atoms with Crippen LogP contribution < -0.4 is 5.32 Å². The smallest absolute Gasteiger partial charge is 0.251 e. The number of hydrogen-bond acceptors (Lipinski definition) is 2. The van der Waals surface area contributed by atoms with Gasteiger partial charge >= 0.3 is 0 Å². The molecule has 142 valence electrons. The molecule has 27 heavy (non-hydrogen) atoms. The number of nitrogens with zero attached hydrogens (tertiary/aromatic N) is 1. The number of fused-ring (bicyclic) bond motifs is 1. The van der Waals surface area contributed by atoms with E-state index in [1.807, 2.05) is 41.3 Å². The van der Waals surface area contributed by atoms with Crippen LogP contribution in [-0.4, -0.2) is 29.3 Å². The zero-order valence-corrected chi connectivity index (χ0v) is 16.6. The van der Waals surface area contributed by atoms with Crippen molar-refractivity contribution in [3.8, 4) is 0 Å². The number of benzene rings is 2. The summed E-state index contributed by atoms with van der Waals surface area (Å²) in [6, 6.07) is 15.3. The van der Waals surface area contributed by atoms with E-state index in [1.165, 1.54) is 16.7 Å². The van der Waals surface area contributed by atoms with E-state index in [0.717, 1.165) is 6.42 Å². The Kier molecular flexibility index (Phi) is 5.36. The molecule has 0 aliphatic carbocycles. The van der Waals surface area contributed by atoms with E-state index in [0.29, 0.717) is 18.7 Å². The molecule has 0 saturated heterocycles. The third-order valence-corrected chi connectivity index (χ3v) is 5.17. The minimum Gasteiger partial charge on any atom is -0.341 e. The first-order valence-corrected chi connectivity index (χ1v) is 9.52. The monoisotopic (exact) mass is 364 g/mol. The molecule has 0 aromatic heterocycles. The van der Waals surface area contributed by atoms with Gasteiger partial charge in [-0.05, 0) is 47.6 Å². The van der Waals surface area contributed by atoms with Crippen molar-refractivity contribution in [1.29, 1.82) is 0 Å². The number of carbonyl (C=O) groups is 2. The SMILES string of the molecule is CC(NC(=O)c1ccc(C(C)(C)C)cc1)C(=O)N1CCc2ccccc2C1. The molecule has 0 fully saturated rings. The molecule has 0 radical (unpaired) electrons. The number of nitrogens with one attached hydrogen (secondary N) is 1. The third-order valence-electron chi connectivity index (χ3n) is 5.17. The highest BCUT2D eigenvalue weighted by Crippen LogP contribution is 2.22. The van der Waals surface area contributed by atoms with Gasteiger partial charge < -0.3 is 10.2 Å². The van der Waals surface area contributed by atoms with Crippen LogP contribution in [0.25, 0.3) is 0 Å². The highest BCUT2D eigenvalue weighted by atomic mass is 16.2. The maximum absolute atomic E-state index is 12.8. The van der Waals surface area contributed by atoms with Gasteiger partial charge in [0.15, 0.2) is 0 Å². The van der Waals surface area contributed by atoms with Crippen LogP contribution in [-0.2, 0) is 23.2 Å². The first kappa shape index (κ1) is 19.2. The summed E-state index contributed by atoms with van der Waals surface area (Å²) < 4.78 is 0. The molecule has 0 saturated carbocycles. The van der Waals surface area contributed by atoms with Crippen LogP contribution in [0.3, 0.4) is 0 Å². The Morgan fingerprint density at radius 1 is 1.00 bits per heavy atom. The Bertz CT molecular complexity index is 834. The predicted octanol–water partition coefficient (Wildman–Crippen LogP) is 3.69. The van der Waals surface area contributed by atoms with E-state index < -0.39 is 6.04 Å². The second-order valence-electron chi connectivity index (χ2n) is 8.30. The molecular weight excluding hydrogens is 336 g/mol. The molecule has 1 atom stereocenters. The molecule has 4 nitrogen and oxygen atoms in total. The normalized spacial score (nSPS) is 15.0. The molecule has 3 rings (SSSR count). The van der Waals surface area contributed by atoms with Crippen LogP contribution in [0.2, 0.25) is 0 Å². The van der Waals surface area contributed by atoms with Crippen LogP contribution in [0.1, 0.15) is 54.7 Å². The van der Waals surface area contributed by atoms with E-state index in [-0.39, 0.29) is 17.2 Å². The van der Waals surface area contributed by atoms with Gasteiger partial charge in [-0.1, -0.05) is 57.2 Å². The fraction of sp³-hybridized carbons (Fsp3) is 0.391. The topological polar surface area (TPSA) is 49.4 Å². The standard InChI is InChI=1S/C23H28N2O2/c1-16(22(27)25-14-13-17-7-5-6-8-19(17)15-25)24-21(26)18-9-11-20(12-10-18)23(2,3)4/h5-12,16H,13-15H2,1-4H3,(H,24,26). The maximum Gasteiger partial charge on any atom is 0.251 e. The third kappa shape index (κ3) is 4.38. The molecular formula is C23H28N2O2. The average molecular weight is 364 g/mol. The molecule has 0 spiro atoms. The summed E-state index contributed by atoms with van der Waals surface area (Å²) in [7, 11) is 0. The van der Waals surface area contributed by atoms with Gasteiger partial charge in [-0.15, -0.1) is 0 Å². The fourth-order valence-electron chi connectivity index (χ4n) is 3.42. The van der Waals surface area contributed by atoms with Gasteiger partial charge in [-0.2, -0.15) is 0 Å². The van der Waals surface area contributed by atoms with E-state index in [4.69, 9.17) is 0 Å². The van der Waals surface area contributed by atoms with Crippen molar-refractivity contribution in [2.45, 2.75) is 52.1 Å². The minimum atomic E-state index is -0.551. The molecule has 2 amide bonds. The predicted molar refractivity (Wildman–Crippen MR) is 108 cm³/mol. The lowest BCUT2D eigenvalue weighted by Gasteiger charge is -2.31. The zero-order chi connectivity index (χ0) is 19.6. The average Bonchev–Trinajstić information content (AvgIpc) is 2.66. The molecule has 4 heteroatoms. The summed E-state index contributed by atoms with van der Waals surface area (Å²) in [4.78, 5) is 27.1. The van der Waals surface area contributed by atoms with Crippen LogP contribution in [0.15, 0.2) is 48.5 Å². The number of amides is 2. The van der Waals surface area contributed by atoms with Crippen molar-refractivity contribution in [2.24, 2.45) is 0 Å². The maximum atomic E-state index is 12.8. The van der Waals surface area contributed by atoms with Crippen molar-refractivity contribution in [3.63, 3.8) is 0 Å². The second-order valence-corrected chi connectivity index (χ2v) is 8.30. The van der Waals surface area contributed by atoms with E-state index in [2.05, 4.69) is 38.2 Å². The van der Waals surface area contributed by atoms with Crippen molar-refractivity contribution in [1.82, 2.24) is 10.2 Å². The molecule has 1 aliphatic rings. The fourth-order valence-corrected chi connectivity index (χ4v) is 3.42. The van der Waals surface area contributed by atoms with Gasteiger partial charge in [0, 0.05) is 18.7 Å². The van der Waals surface area contributed by atoms with Crippen LogP contribution in [0.4, 0.5) is 0 Å². The van der Waals surface area contributed by atoms with Crippen LogP contribution >= 0.6 is 0 Å². The van der Waals surface area contributed by atoms with Gasteiger partial charge in [0.25, 0.3) is 5.91 Å². The van der Waals surface area contributed by atoms with Crippen molar-refractivity contribution >= 4 is 11.8 Å². The van der Waals surface area contributed by atoms with Gasteiger partial charge in [-0.25, -0.2) is 0 Å². The van der Waals surface area contributed by atoms with Gasteiger partial charge in [-0.3, -0.25) is 9.59 Å². The molecule has 2 aromatic rings. The number of rotatable bonds is 3. The second kappa shape index (κ2) is 7.55. The highest BCUT2D eigenvalue weighted by molar-refractivity contribution is 5.97. The van der Waals surface area contributed by atoms with Crippen LogP contribution in [0, 0.1) is 0 Å². The Morgan fingerprint density at radius 3 is 2.26 bits per heavy atom. The van der Waals surface area contributed by atoms with E-state index in [1.54, 1.807) is 6.92 Å². The first-order chi connectivity index (χ1) is 12.8. The van der Waals surface area contributed by atoms with Crippen molar-refractivity contribution < 1.29 is 9.59 Å². The summed E-state index contributed by atoms with van der Waals surface area (Å²) in [5.74, 6) is -0.252. The van der Waals surface area contributed by atoms with Crippen molar-refractivity contribution in [3.05, 3.63) is 70.8 Å². The highest BCUT2D eigenvalue weighted by Gasteiger charge is 2.26. The summed E-state index contributed by atoms with van der Waals surface area (Å²) in [5.41, 5.74) is 4.29. The number of carbonyl (C=O) groups excluding carboxylic acids is 2. The Hall–Kier alpha value is -2.62. The van der Waals surface area contributed by atoms with Crippen LogP contribution in [0.5, 0.6) is 0 Å². The van der Waals surface area contributed by atoms with Gasteiger partial charge in [0.05, 0.1) is 0 Å². The Labute approximate surface area is 161 Å². The first-order valence-electron chi connectivity index (χ1n) is 9.52. The molecule has 1 unspecified atom stereocenters. The molecule has 0 bridgehead atoms. The molecule has 1 aliphatic heterocycles. The summed E-state index contributed by atoms with van der Waals surface area (Å²) in [6.45, 7) is 9.47. The van der Waals surface area contributed by atoms with E-state index >= 15 is 0 Å². The lowest BCUT2D eigenvalue weighted by molar-refractivity contribution is -0.133. The summed E-state index contributed by atoms with van der Waals surface area (Å²) in [6.07, 6.45) is 0.858. The number of hydrogen-bond donors (Lipinski definition) is 1. The van der Waals surface area contributed by atoms with Gasteiger partial charge in [0.1, 0.15) is 6.04 Å². The van der Waals surface area contributed by atoms with Crippen molar-refractivity contribution in [2.75, 3.05) is 6.54 Å². The largest absolute Gasteiger partial charge is 0.341 e. The zero-order valence-electron chi connectivity index (χ0n) is 16.6. The molecule has 1 heterocycles. The molecule has 2 aromatic carbocycles. The lowest BCUT2D eigenvalue weighted by atomic mass is 9.86. The summed E-state index contributed by atoms with van der Waals surface area (Å²) >= 11 is 0. The summed E-state index contributed by atoms with van der Waals surface area (Å²) in [5, 5.41) is 2.85. The Morgan fingerprint density at radius 2 is 1.63 bits per heavy atom.